The van der Waals surface area contributed by atoms with Crippen LogP contribution >= 0.6 is 0 Å². The van der Waals surface area contributed by atoms with Crippen molar-refractivity contribution in [1.82, 2.24) is 0 Å². The number of epoxide rings is 1. The smallest absolute Gasteiger partial charge is 0.313 e. The molecule has 2 aliphatic rings. The van der Waals surface area contributed by atoms with Gasteiger partial charge in [0.1, 0.15) is 35.8 Å². The third-order valence-electron chi connectivity index (χ3n) is 7.33. The molecule has 2 N–H and O–H groups in total. The Labute approximate surface area is 231 Å². The van der Waals surface area contributed by atoms with Crippen molar-refractivity contribution in [3.8, 4) is 0 Å². The van der Waals surface area contributed by atoms with Gasteiger partial charge in [0.2, 0.25) is 0 Å². The number of hydrogen-bond donors (Lipinski definition) is 2. The molecule has 0 spiro atoms. The summed E-state index contributed by atoms with van der Waals surface area (Å²) in [5.74, 6) is -2.08. The van der Waals surface area contributed by atoms with Crippen LogP contribution in [0.1, 0.15) is 80.6 Å². The van der Waals surface area contributed by atoms with Crippen molar-refractivity contribution in [1.29, 1.82) is 0 Å². The van der Waals surface area contributed by atoms with Crippen molar-refractivity contribution in [3.05, 3.63) is 36.0 Å². The van der Waals surface area contributed by atoms with Crippen molar-refractivity contribution in [2.24, 2.45) is 11.8 Å². The Balaban J connectivity index is 2.19. The van der Waals surface area contributed by atoms with E-state index in [1.54, 1.807) is 44.2 Å². The standard InChI is InChI=1S/C30H44O9/c1-8-23(33)20(4)28-24(38-28)17-29(6,35)14-9-10-18(2)27-19(3)11-12-25(37-21(5)31)30(7,36)15-13-22(32)16-26(34)39-27/h9-12,14,19-20,24-25,27-28,35-36H,8,13,15-17H2,1-7H3/b12-11-,14-9+,18-10+/t19-,20+,24+,25-,27+,28+,29+,30-/m0/s1. The monoisotopic (exact) mass is 548 g/mol. The lowest BCUT2D eigenvalue weighted by Crippen LogP contribution is -2.42. The molecule has 9 nitrogen and oxygen atoms in total. The van der Waals surface area contributed by atoms with Crippen LogP contribution in [-0.4, -0.2) is 69.3 Å². The molecule has 39 heavy (non-hydrogen) atoms. The number of aliphatic hydroxyl groups is 2. The zero-order chi connectivity index (χ0) is 29.5. The molecule has 9 heteroatoms. The number of hydrogen-bond acceptors (Lipinski definition) is 9. The van der Waals surface area contributed by atoms with E-state index in [1.165, 1.54) is 13.8 Å². The van der Waals surface area contributed by atoms with Crippen molar-refractivity contribution in [2.45, 2.75) is 116 Å². The Morgan fingerprint density at radius 1 is 1.28 bits per heavy atom. The Kier molecular flexibility index (Phi) is 11.4. The molecular formula is C30H44O9. The number of allylic oxidation sites excluding steroid dienone is 2. The number of carbonyl (C=O) groups excluding carboxylic acids is 4. The Morgan fingerprint density at radius 2 is 1.95 bits per heavy atom. The summed E-state index contributed by atoms with van der Waals surface area (Å²) >= 11 is 0. The number of Topliss-reactive ketones (excluding diaryl/α,β-unsaturated/α-hetero) is 2. The molecule has 0 saturated carbocycles. The minimum absolute atomic E-state index is 0.0172. The molecule has 2 aliphatic heterocycles. The zero-order valence-electron chi connectivity index (χ0n) is 24.1. The summed E-state index contributed by atoms with van der Waals surface area (Å²) in [7, 11) is 0. The summed E-state index contributed by atoms with van der Waals surface area (Å²) in [5, 5.41) is 21.7. The summed E-state index contributed by atoms with van der Waals surface area (Å²) in [6.07, 6.45) is 6.48. The highest BCUT2D eigenvalue weighted by Gasteiger charge is 2.47. The van der Waals surface area contributed by atoms with Crippen LogP contribution in [0.15, 0.2) is 36.0 Å². The van der Waals surface area contributed by atoms with Crippen LogP contribution in [0.5, 0.6) is 0 Å². The number of carbonyl (C=O) groups is 4. The predicted octanol–water partition coefficient (Wildman–Crippen LogP) is 3.55. The van der Waals surface area contributed by atoms with Gasteiger partial charge in [-0.05, 0) is 38.8 Å². The van der Waals surface area contributed by atoms with Crippen LogP contribution in [0.25, 0.3) is 0 Å². The molecule has 0 aromatic rings. The zero-order valence-corrected chi connectivity index (χ0v) is 24.1. The SMILES string of the molecule is CCC(=O)[C@@H](C)[C@H]1O[C@@H]1C[C@](C)(O)/C=C/C=C(\C)[C@H]1OC(=O)CC(=O)CC[C@](C)(O)[C@@H](OC(C)=O)/C=C\[C@@H]1C. The van der Waals surface area contributed by atoms with Crippen LogP contribution in [0.3, 0.4) is 0 Å². The summed E-state index contributed by atoms with van der Waals surface area (Å²) < 4.78 is 16.6. The lowest BCUT2D eigenvalue weighted by molar-refractivity contribution is -0.156. The van der Waals surface area contributed by atoms with Crippen molar-refractivity contribution < 1.29 is 43.6 Å². The van der Waals surface area contributed by atoms with Crippen molar-refractivity contribution in [2.75, 3.05) is 0 Å². The van der Waals surface area contributed by atoms with Crippen LogP contribution < -0.4 is 0 Å². The van der Waals surface area contributed by atoms with Gasteiger partial charge in [-0.2, -0.15) is 0 Å². The average molecular weight is 549 g/mol. The van der Waals surface area contributed by atoms with Gasteiger partial charge >= 0.3 is 11.9 Å². The first-order valence-electron chi connectivity index (χ1n) is 13.6. The highest BCUT2D eigenvalue weighted by molar-refractivity contribution is 5.95. The van der Waals surface area contributed by atoms with Gasteiger partial charge in [-0.15, -0.1) is 0 Å². The van der Waals surface area contributed by atoms with E-state index in [0.717, 1.165) is 0 Å². The molecule has 218 valence electrons. The first kappa shape index (κ1) is 32.6. The summed E-state index contributed by atoms with van der Waals surface area (Å²) in [6.45, 7) is 11.6. The molecule has 0 bridgehead atoms. The Bertz CT molecular complexity index is 1000. The Hall–Kier alpha value is -2.62. The fourth-order valence-corrected chi connectivity index (χ4v) is 4.75. The molecule has 0 unspecified atom stereocenters. The molecule has 0 aromatic carbocycles. The molecule has 2 rings (SSSR count). The molecule has 2 heterocycles. The van der Waals surface area contributed by atoms with Gasteiger partial charge in [0, 0.05) is 38.0 Å². The number of cyclic esters (lactones) is 1. The van der Waals surface area contributed by atoms with Gasteiger partial charge < -0.3 is 24.4 Å². The molecular weight excluding hydrogens is 504 g/mol. The normalized spacial score (nSPS) is 33.8. The molecule has 0 aliphatic carbocycles. The second-order valence-corrected chi connectivity index (χ2v) is 11.3. The maximum Gasteiger partial charge on any atom is 0.313 e. The third-order valence-corrected chi connectivity index (χ3v) is 7.33. The molecule has 1 saturated heterocycles. The van der Waals surface area contributed by atoms with Gasteiger partial charge in [0.05, 0.1) is 17.8 Å². The second-order valence-electron chi connectivity index (χ2n) is 11.3. The number of esters is 2. The van der Waals surface area contributed by atoms with Gasteiger partial charge in [-0.3, -0.25) is 19.2 Å². The lowest BCUT2D eigenvalue weighted by Gasteiger charge is -2.31. The van der Waals surface area contributed by atoms with E-state index in [2.05, 4.69) is 0 Å². The molecule has 8 atom stereocenters. The van der Waals surface area contributed by atoms with Crippen LogP contribution in [0.2, 0.25) is 0 Å². The number of ether oxygens (including phenoxy) is 3. The first-order valence-corrected chi connectivity index (χ1v) is 13.6. The number of ketones is 2. The summed E-state index contributed by atoms with van der Waals surface area (Å²) in [5.41, 5.74) is -2.02. The molecule has 0 amide bonds. The van der Waals surface area contributed by atoms with Crippen molar-refractivity contribution >= 4 is 23.5 Å². The van der Waals surface area contributed by atoms with Crippen molar-refractivity contribution in [3.63, 3.8) is 0 Å². The fourth-order valence-electron chi connectivity index (χ4n) is 4.75. The Morgan fingerprint density at radius 3 is 2.56 bits per heavy atom. The predicted molar refractivity (Wildman–Crippen MR) is 144 cm³/mol. The first-order chi connectivity index (χ1) is 18.1. The molecule has 0 radical (unpaired) electrons. The second kappa shape index (κ2) is 13.6. The molecule has 0 aromatic heterocycles. The van der Waals surface area contributed by atoms with Gasteiger partial charge in [-0.1, -0.05) is 45.1 Å². The van der Waals surface area contributed by atoms with Gasteiger partial charge in [0.25, 0.3) is 0 Å². The van der Waals surface area contributed by atoms with Crippen LogP contribution in [-0.2, 0) is 33.4 Å². The van der Waals surface area contributed by atoms with E-state index >= 15 is 0 Å². The average Bonchev–Trinajstić information content (AvgIpc) is 3.59. The van der Waals surface area contributed by atoms with E-state index in [4.69, 9.17) is 14.2 Å². The number of rotatable bonds is 9. The minimum atomic E-state index is -1.50. The fraction of sp³-hybridized carbons (Fsp3) is 0.667. The lowest BCUT2D eigenvalue weighted by atomic mass is 9.89. The van der Waals surface area contributed by atoms with Gasteiger partial charge in [0.15, 0.2) is 0 Å². The minimum Gasteiger partial charge on any atom is -0.457 e. The largest absolute Gasteiger partial charge is 0.457 e. The van der Waals surface area contributed by atoms with Gasteiger partial charge in [-0.25, -0.2) is 0 Å². The van der Waals surface area contributed by atoms with E-state index in [0.29, 0.717) is 18.4 Å². The topological polar surface area (TPSA) is 140 Å². The maximum atomic E-state index is 12.5. The third kappa shape index (κ3) is 10.1. The van der Waals surface area contributed by atoms with E-state index in [9.17, 15) is 29.4 Å². The van der Waals surface area contributed by atoms with E-state index < -0.39 is 41.8 Å². The summed E-state index contributed by atoms with van der Waals surface area (Å²) in [6, 6.07) is 0. The van der Waals surface area contributed by atoms with E-state index in [1.807, 2.05) is 20.8 Å². The molecule has 1 fully saturated rings. The van der Waals surface area contributed by atoms with Crippen LogP contribution in [0, 0.1) is 11.8 Å². The summed E-state index contributed by atoms with van der Waals surface area (Å²) in [4.78, 5) is 48.5. The maximum absolute atomic E-state index is 12.5. The van der Waals surface area contributed by atoms with E-state index in [-0.39, 0.29) is 48.5 Å². The van der Waals surface area contributed by atoms with Crippen LogP contribution in [0.4, 0.5) is 0 Å². The highest BCUT2D eigenvalue weighted by Crippen LogP contribution is 2.36. The highest BCUT2D eigenvalue weighted by atomic mass is 16.6. The quantitative estimate of drug-likeness (QED) is 0.146.